The van der Waals surface area contributed by atoms with Crippen LogP contribution in [0.5, 0.6) is 0 Å². The van der Waals surface area contributed by atoms with E-state index < -0.39 is 5.82 Å². The molecule has 0 radical (unpaired) electrons. The Morgan fingerprint density at radius 1 is 1.59 bits per heavy atom. The average Bonchev–Trinajstić information content (AvgIpc) is 2.82. The number of halogens is 2. The van der Waals surface area contributed by atoms with Crippen LogP contribution in [0.15, 0.2) is 22.7 Å². The van der Waals surface area contributed by atoms with Crippen molar-refractivity contribution in [2.75, 3.05) is 18.1 Å². The monoisotopic (exact) mass is 317 g/mol. The van der Waals surface area contributed by atoms with Crippen molar-refractivity contribution in [2.45, 2.75) is 6.42 Å². The quantitative estimate of drug-likeness (QED) is 0.928. The highest BCUT2D eigenvalue weighted by atomic mass is 79.9. The van der Waals surface area contributed by atoms with Crippen molar-refractivity contribution >= 4 is 33.6 Å². The van der Waals surface area contributed by atoms with Crippen LogP contribution in [0.1, 0.15) is 16.8 Å². The van der Waals surface area contributed by atoms with E-state index in [2.05, 4.69) is 21.2 Å². The van der Waals surface area contributed by atoms with Gasteiger partial charge in [0, 0.05) is 6.54 Å². The Morgan fingerprint density at radius 2 is 2.41 bits per heavy atom. The lowest BCUT2D eigenvalue weighted by Crippen LogP contribution is -2.29. The van der Waals surface area contributed by atoms with Gasteiger partial charge in [0.05, 0.1) is 10.0 Å². The van der Waals surface area contributed by atoms with E-state index in [0.29, 0.717) is 18.0 Å². The Bertz CT molecular complexity index is 421. The van der Waals surface area contributed by atoms with Gasteiger partial charge < -0.3 is 5.32 Å². The van der Waals surface area contributed by atoms with E-state index in [1.54, 1.807) is 12.1 Å². The maximum absolute atomic E-state index is 13.3. The van der Waals surface area contributed by atoms with E-state index in [1.165, 1.54) is 11.8 Å². The molecule has 2 nitrogen and oxygen atoms in total. The van der Waals surface area contributed by atoms with Gasteiger partial charge in [0.25, 0.3) is 5.91 Å². The summed E-state index contributed by atoms with van der Waals surface area (Å²) in [6.45, 7) is 0.675. The van der Waals surface area contributed by atoms with Crippen LogP contribution in [0, 0.1) is 11.7 Å². The Morgan fingerprint density at radius 3 is 3.12 bits per heavy atom. The third-order valence-corrected chi connectivity index (χ3v) is 4.81. The molecule has 0 bridgehead atoms. The molecular weight excluding hydrogens is 305 g/mol. The number of nitrogens with one attached hydrogen (secondary N) is 1. The summed E-state index contributed by atoms with van der Waals surface area (Å²) in [5.74, 6) is 2.20. The molecule has 0 aromatic heterocycles. The highest BCUT2D eigenvalue weighted by Gasteiger charge is 2.18. The summed E-state index contributed by atoms with van der Waals surface area (Å²) in [5, 5.41) is 2.86. The highest BCUT2D eigenvalue weighted by Crippen LogP contribution is 2.23. The van der Waals surface area contributed by atoms with E-state index in [1.807, 2.05) is 11.8 Å². The molecule has 1 aliphatic heterocycles. The fourth-order valence-electron chi connectivity index (χ4n) is 1.76. The number of benzene rings is 1. The van der Waals surface area contributed by atoms with Crippen LogP contribution in [0.2, 0.25) is 0 Å². The number of carbonyl (C=O) groups excluding carboxylic acids is 1. The molecule has 92 valence electrons. The molecule has 0 saturated carbocycles. The molecule has 1 heterocycles. The summed E-state index contributed by atoms with van der Waals surface area (Å²) >= 11 is 5.01. The van der Waals surface area contributed by atoms with Gasteiger partial charge in [-0.25, -0.2) is 4.39 Å². The lowest BCUT2D eigenvalue weighted by Gasteiger charge is -2.11. The predicted octanol–water partition coefficient (Wildman–Crippen LogP) is 3.07. The van der Waals surface area contributed by atoms with Gasteiger partial charge in [-0.3, -0.25) is 4.79 Å². The maximum atomic E-state index is 13.3. The van der Waals surface area contributed by atoms with Crippen molar-refractivity contribution in [3.63, 3.8) is 0 Å². The van der Waals surface area contributed by atoms with Crippen molar-refractivity contribution < 1.29 is 9.18 Å². The molecule has 0 spiro atoms. The van der Waals surface area contributed by atoms with E-state index in [4.69, 9.17) is 0 Å². The summed E-state index contributed by atoms with van der Waals surface area (Å²) in [6.07, 6.45) is 1.15. The minimum atomic E-state index is -0.408. The van der Waals surface area contributed by atoms with Crippen LogP contribution >= 0.6 is 27.7 Å². The van der Waals surface area contributed by atoms with Crippen molar-refractivity contribution in [1.82, 2.24) is 5.32 Å². The first-order valence-electron chi connectivity index (χ1n) is 5.48. The largest absolute Gasteiger partial charge is 0.352 e. The minimum absolute atomic E-state index is 0.215. The van der Waals surface area contributed by atoms with Gasteiger partial charge in [0.15, 0.2) is 0 Å². The third kappa shape index (κ3) is 3.22. The van der Waals surface area contributed by atoms with Gasteiger partial charge in [0.1, 0.15) is 5.82 Å². The second-order valence-electron chi connectivity index (χ2n) is 4.04. The predicted molar refractivity (Wildman–Crippen MR) is 71.9 cm³/mol. The van der Waals surface area contributed by atoms with Crippen molar-refractivity contribution in [1.29, 1.82) is 0 Å². The first-order chi connectivity index (χ1) is 8.18. The van der Waals surface area contributed by atoms with Crippen molar-refractivity contribution in [3.05, 3.63) is 34.1 Å². The number of carbonyl (C=O) groups is 1. The second-order valence-corrected chi connectivity index (χ2v) is 5.98. The van der Waals surface area contributed by atoms with Crippen LogP contribution in [-0.2, 0) is 0 Å². The van der Waals surface area contributed by atoms with E-state index >= 15 is 0 Å². The van der Waals surface area contributed by atoms with Crippen LogP contribution in [0.25, 0.3) is 0 Å². The number of thioether (sulfide) groups is 1. The van der Waals surface area contributed by atoms with Gasteiger partial charge in [-0.05, 0) is 51.9 Å². The molecule has 1 aromatic carbocycles. The summed E-state index contributed by atoms with van der Waals surface area (Å²) in [6, 6.07) is 4.49. The molecular formula is C12H13BrFNOS. The van der Waals surface area contributed by atoms with E-state index in [0.717, 1.165) is 12.2 Å². The van der Waals surface area contributed by atoms with E-state index in [9.17, 15) is 9.18 Å². The van der Waals surface area contributed by atoms with Crippen LogP contribution in [0.4, 0.5) is 4.39 Å². The average molecular weight is 318 g/mol. The molecule has 1 aliphatic rings. The molecule has 1 atom stereocenters. The SMILES string of the molecule is O=C(NCC1CCSC1)c1cccc(F)c1Br. The molecule has 1 saturated heterocycles. The van der Waals surface area contributed by atoms with Crippen molar-refractivity contribution in [3.8, 4) is 0 Å². The summed E-state index contributed by atoms with van der Waals surface area (Å²) in [5.41, 5.74) is 0.357. The molecule has 1 aromatic rings. The minimum Gasteiger partial charge on any atom is -0.352 e. The van der Waals surface area contributed by atoms with E-state index in [-0.39, 0.29) is 10.4 Å². The standard InChI is InChI=1S/C12H13BrFNOS/c13-11-9(2-1-3-10(11)14)12(16)15-6-8-4-5-17-7-8/h1-3,8H,4-7H2,(H,15,16). The summed E-state index contributed by atoms with van der Waals surface area (Å²) in [4.78, 5) is 11.9. The zero-order valence-corrected chi connectivity index (χ0v) is 11.6. The molecule has 1 amide bonds. The topological polar surface area (TPSA) is 29.1 Å². The molecule has 1 N–H and O–H groups in total. The third-order valence-electron chi connectivity index (χ3n) is 2.77. The Balaban J connectivity index is 1.97. The smallest absolute Gasteiger partial charge is 0.252 e. The second kappa shape index (κ2) is 5.87. The number of hydrogen-bond acceptors (Lipinski definition) is 2. The summed E-state index contributed by atoms with van der Waals surface area (Å²) < 4.78 is 13.5. The molecule has 1 fully saturated rings. The summed E-state index contributed by atoms with van der Waals surface area (Å²) in [7, 11) is 0. The molecule has 2 rings (SSSR count). The Kier molecular flexibility index (Phi) is 4.45. The maximum Gasteiger partial charge on any atom is 0.252 e. The number of rotatable bonds is 3. The van der Waals surface area contributed by atoms with Gasteiger partial charge in [-0.2, -0.15) is 11.8 Å². The molecule has 1 unspecified atom stereocenters. The first kappa shape index (κ1) is 12.9. The number of amides is 1. The van der Waals surface area contributed by atoms with Gasteiger partial charge in [-0.1, -0.05) is 6.07 Å². The van der Waals surface area contributed by atoms with Crippen LogP contribution < -0.4 is 5.32 Å². The van der Waals surface area contributed by atoms with Crippen LogP contribution in [-0.4, -0.2) is 24.0 Å². The normalized spacial score (nSPS) is 19.3. The molecule has 0 aliphatic carbocycles. The van der Waals surface area contributed by atoms with Gasteiger partial charge in [0.2, 0.25) is 0 Å². The first-order valence-corrected chi connectivity index (χ1v) is 7.43. The zero-order chi connectivity index (χ0) is 12.3. The van der Waals surface area contributed by atoms with Gasteiger partial charge >= 0.3 is 0 Å². The lowest BCUT2D eigenvalue weighted by molar-refractivity contribution is 0.0947. The molecule has 17 heavy (non-hydrogen) atoms. The fraction of sp³-hybridized carbons (Fsp3) is 0.417. The van der Waals surface area contributed by atoms with Crippen molar-refractivity contribution in [2.24, 2.45) is 5.92 Å². The highest BCUT2D eigenvalue weighted by molar-refractivity contribution is 9.10. The Hall–Kier alpha value is -0.550. The van der Waals surface area contributed by atoms with Gasteiger partial charge in [-0.15, -0.1) is 0 Å². The fourth-order valence-corrected chi connectivity index (χ4v) is 3.48. The molecule has 5 heteroatoms. The zero-order valence-electron chi connectivity index (χ0n) is 9.21. The van der Waals surface area contributed by atoms with Crippen LogP contribution in [0.3, 0.4) is 0 Å². The number of hydrogen-bond donors (Lipinski definition) is 1. The lowest BCUT2D eigenvalue weighted by atomic mass is 10.1. The Labute approximate surface area is 112 Å².